The van der Waals surface area contributed by atoms with Crippen LogP contribution >= 0.6 is 46.4 Å². The highest BCUT2D eigenvalue weighted by Crippen LogP contribution is 2.54. The predicted octanol–water partition coefficient (Wildman–Crippen LogP) is 12.2. The zero-order valence-electron chi connectivity index (χ0n) is 32.7. The summed E-state index contributed by atoms with van der Waals surface area (Å²) in [6.45, 7) is 4.24. The van der Waals surface area contributed by atoms with Gasteiger partial charge in [-0.1, -0.05) is 96.6 Å². The average Bonchev–Trinajstić information content (AvgIpc) is 3.50. The van der Waals surface area contributed by atoms with Gasteiger partial charge in [0.15, 0.2) is 5.60 Å². The van der Waals surface area contributed by atoms with Crippen molar-refractivity contribution in [3.05, 3.63) is 162 Å². The third-order valence-corrected chi connectivity index (χ3v) is 12.0. The molecule has 1 aliphatic rings. The molecule has 0 amide bonds. The number of carbonyl (C=O) groups is 1. The molecule has 6 nitrogen and oxygen atoms in total. The molecular formula is C46H44Cl4N2O4. The van der Waals surface area contributed by atoms with Crippen LogP contribution in [-0.2, 0) is 23.2 Å². The number of anilines is 2. The SMILES string of the molecule is CCc1cc(N(C)C)ccc1/C(=C/C1(/C=C(\c2ccc(OC)cc2)c2ccc(N(C)C)cc2CC)OC(=O)c2c(Cl)c(Cl)c(Cl)c(Cl)c21)c1ccc(OC)cc1. The molecule has 0 bridgehead atoms. The van der Waals surface area contributed by atoms with Gasteiger partial charge in [-0.05, 0) is 118 Å². The molecule has 0 radical (unpaired) electrons. The van der Waals surface area contributed by atoms with E-state index in [1.807, 2.05) is 88.9 Å². The van der Waals surface area contributed by atoms with Crippen molar-refractivity contribution in [2.24, 2.45) is 0 Å². The van der Waals surface area contributed by atoms with Gasteiger partial charge in [0.1, 0.15) is 11.5 Å². The fraction of sp³-hybridized carbons (Fsp3) is 0.239. The minimum atomic E-state index is -1.65. The number of fused-ring (bicyclic) bond motifs is 1. The Morgan fingerprint density at radius 3 is 1.41 bits per heavy atom. The monoisotopic (exact) mass is 828 g/mol. The molecule has 0 aliphatic carbocycles. The summed E-state index contributed by atoms with van der Waals surface area (Å²) < 4.78 is 17.7. The van der Waals surface area contributed by atoms with Crippen molar-refractivity contribution in [1.82, 2.24) is 0 Å². The molecule has 290 valence electrons. The average molecular weight is 831 g/mol. The van der Waals surface area contributed by atoms with E-state index in [0.29, 0.717) is 17.1 Å². The first-order valence-corrected chi connectivity index (χ1v) is 19.7. The van der Waals surface area contributed by atoms with Crippen LogP contribution in [0.1, 0.15) is 63.1 Å². The lowest BCUT2D eigenvalue weighted by Crippen LogP contribution is -2.23. The van der Waals surface area contributed by atoms with Gasteiger partial charge in [-0.3, -0.25) is 0 Å². The number of aryl methyl sites for hydroxylation is 2. The van der Waals surface area contributed by atoms with Crippen molar-refractivity contribution in [3.63, 3.8) is 0 Å². The number of methoxy groups -OCH3 is 2. The largest absolute Gasteiger partial charge is 0.497 e. The maximum absolute atomic E-state index is 14.3. The summed E-state index contributed by atoms with van der Waals surface area (Å²) in [5, 5.41) is 0.0298. The second-order valence-corrected chi connectivity index (χ2v) is 15.5. The second-order valence-electron chi connectivity index (χ2n) is 13.9. The predicted molar refractivity (Wildman–Crippen MR) is 234 cm³/mol. The Morgan fingerprint density at radius 1 is 0.625 bits per heavy atom. The summed E-state index contributed by atoms with van der Waals surface area (Å²) in [6, 6.07) is 28.3. The van der Waals surface area contributed by atoms with Crippen molar-refractivity contribution in [2.45, 2.75) is 32.3 Å². The molecule has 6 rings (SSSR count). The summed E-state index contributed by atoms with van der Waals surface area (Å²) in [5.74, 6) is 0.717. The van der Waals surface area contributed by atoms with Crippen molar-refractivity contribution in [3.8, 4) is 11.5 Å². The highest BCUT2D eigenvalue weighted by molar-refractivity contribution is 6.53. The zero-order valence-corrected chi connectivity index (χ0v) is 35.7. The molecule has 0 aromatic heterocycles. The Labute approximate surface area is 349 Å². The molecule has 56 heavy (non-hydrogen) atoms. The van der Waals surface area contributed by atoms with Crippen LogP contribution in [-0.4, -0.2) is 48.4 Å². The standard InChI is InChI=1S/C46H44Cl4N2O4/c1-9-27-23-31(51(3)4)15-21-35(27)37(29-11-17-33(54-7)18-12-29)25-46(40-39(45(53)56-46)41(47)43(49)44(50)42(40)48)26-38(30-13-19-34(55-8)20-14-30)36-22-16-32(52(5)6)24-28(36)10-2/h11-26H,9-10H2,1-8H3/b37-25+,38-26+. The number of ether oxygens (including phenoxy) is 3. The molecule has 0 unspecified atom stereocenters. The van der Waals surface area contributed by atoms with E-state index in [1.165, 1.54) is 0 Å². The minimum Gasteiger partial charge on any atom is -0.497 e. The van der Waals surface area contributed by atoms with Gasteiger partial charge in [0.2, 0.25) is 0 Å². The van der Waals surface area contributed by atoms with Crippen molar-refractivity contribution >= 4 is 74.9 Å². The van der Waals surface area contributed by atoms with E-state index in [-0.39, 0.29) is 25.7 Å². The van der Waals surface area contributed by atoms with Crippen LogP contribution < -0.4 is 19.3 Å². The van der Waals surface area contributed by atoms with Crippen LogP contribution in [0.4, 0.5) is 11.4 Å². The molecule has 0 saturated heterocycles. The van der Waals surface area contributed by atoms with E-state index < -0.39 is 11.6 Å². The van der Waals surface area contributed by atoms with Crippen LogP contribution in [0.15, 0.2) is 97.1 Å². The van der Waals surface area contributed by atoms with Crippen LogP contribution in [0.2, 0.25) is 20.1 Å². The van der Waals surface area contributed by atoms with Crippen LogP contribution in [0.25, 0.3) is 11.1 Å². The molecule has 0 fully saturated rings. The number of hydrogen-bond donors (Lipinski definition) is 0. The summed E-state index contributed by atoms with van der Waals surface area (Å²) in [5.41, 5.74) is 8.16. The van der Waals surface area contributed by atoms with Crippen LogP contribution in [0.3, 0.4) is 0 Å². The second kappa shape index (κ2) is 16.9. The lowest BCUT2D eigenvalue weighted by atomic mass is 9.81. The number of cyclic esters (lactones) is 1. The molecule has 0 saturated carbocycles. The number of hydrogen-bond acceptors (Lipinski definition) is 6. The summed E-state index contributed by atoms with van der Waals surface area (Å²) >= 11 is 27.6. The first kappa shape index (κ1) is 41.1. The first-order valence-electron chi connectivity index (χ1n) is 18.2. The van der Waals surface area contributed by atoms with E-state index in [9.17, 15) is 4.79 Å². The first-order chi connectivity index (χ1) is 26.8. The molecular weight excluding hydrogens is 786 g/mol. The Morgan fingerprint density at radius 2 is 1.04 bits per heavy atom. The Kier molecular flexibility index (Phi) is 12.4. The molecule has 10 heteroatoms. The lowest BCUT2D eigenvalue weighted by molar-refractivity contribution is 0.0300. The van der Waals surface area contributed by atoms with Crippen molar-refractivity contribution in [1.29, 1.82) is 0 Å². The number of halogens is 4. The number of benzene rings is 5. The third-order valence-electron chi connectivity index (χ3n) is 10.2. The van der Waals surface area contributed by atoms with Gasteiger partial charge < -0.3 is 24.0 Å². The van der Waals surface area contributed by atoms with Crippen molar-refractivity contribution < 1.29 is 19.0 Å². The molecule has 1 heterocycles. The quantitative estimate of drug-likeness (QED) is 0.0709. The van der Waals surface area contributed by atoms with Crippen LogP contribution in [0, 0.1) is 0 Å². The third kappa shape index (κ3) is 7.73. The molecule has 0 N–H and O–H groups in total. The van der Waals surface area contributed by atoms with E-state index in [4.69, 9.17) is 60.6 Å². The molecule has 5 aromatic rings. The Balaban J connectivity index is 1.81. The maximum atomic E-state index is 14.3. The molecule has 5 aromatic carbocycles. The van der Waals surface area contributed by atoms with E-state index in [1.54, 1.807) is 14.2 Å². The smallest absolute Gasteiger partial charge is 0.341 e. The fourth-order valence-electron chi connectivity index (χ4n) is 7.12. The van der Waals surface area contributed by atoms with Gasteiger partial charge in [-0.2, -0.15) is 0 Å². The van der Waals surface area contributed by atoms with Gasteiger partial charge in [0.05, 0.1) is 39.9 Å². The van der Waals surface area contributed by atoms with Gasteiger partial charge in [0.25, 0.3) is 0 Å². The molecule has 1 aliphatic heterocycles. The topological polar surface area (TPSA) is 51.2 Å². The van der Waals surface area contributed by atoms with Gasteiger partial charge in [-0.25, -0.2) is 4.79 Å². The number of esters is 1. The maximum Gasteiger partial charge on any atom is 0.341 e. The highest BCUT2D eigenvalue weighted by atomic mass is 35.5. The van der Waals surface area contributed by atoms with Gasteiger partial charge >= 0.3 is 5.97 Å². The van der Waals surface area contributed by atoms with Crippen molar-refractivity contribution in [2.75, 3.05) is 52.2 Å². The van der Waals surface area contributed by atoms with Crippen LogP contribution in [0.5, 0.6) is 11.5 Å². The van der Waals surface area contributed by atoms with Gasteiger partial charge in [-0.15, -0.1) is 0 Å². The molecule has 0 atom stereocenters. The zero-order chi connectivity index (χ0) is 40.5. The van der Waals surface area contributed by atoms with E-state index >= 15 is 0 Å². The Hall–Kier alpha value is -4.59. The normalized spacial score (nSPS) is 15.4. The summed E-state index contributed by atoms with van der Waals surface area (Å²) in [6.07, 6.45) is 5.37. The Bertz CT molecular complexity index is 2230. The molecule has 0 spiro atoms. The number of carbonyl (C=O) groups excluding carboxylic acids is 1. The summed E-state index contributed by atoms with van der Waals surface area (Å²) in [4.78, 5) is 18.4. The highest BCUT2D eigenvalue weighted by Gasteiger charge is 2.48. The van der Waals surface area contributed by atoms with E-state index in [2.05, 4.69) is 60.0 Å². The number of rotatable bonds is 12. The lowest BCUT2D eigenvalue weighted by Gasteiger charge is -2.28. The fourth-order valence-corrected chi connectivity index (χ4v) is 8.20. The number of nitrogens with zero attached hydrogens (tertiary/aromatic N) is 2. The van der Waals surface area contributed by atoms with E-state index in [0.717, 1.165) is 68.7 Å². The minimum absolute atomic E-state index is 0.0210. The summed E-state index contributed by atoms with van der Waals surface area (Å²) in [7, 11) is 11.3. The van der Waals surface area contributed by atoms with Gasteiger partial charge in [0, 0.05) is 45.1 Å².